The molecule has 3 rings (SSSR count). The van der Waals surface area contributed by atoms with Gasteiger partial charge in [-0.15, -0.1) is 18.2 Å². The molecule has 0 heterocycles. The minimum atomic E-state index is -4.61. The second kappa shape index (κ2) is 14.4. The molecule has 1 fully saturated rings. The maximum atomic E-state index is 13.4. The quantitative estimate of drug-likeness (QED) is 0.280. The molecule has 1 saturated carbocycles. The van der Waals surface area contributed by atoms with Gasteiger partial charge in [-0.3, -0.25) is 14.5 Å². The number of nitrogens with zero attached hydrogens (tertiary/aromatic N) is 1. The van der Waals surface area contributed by atoms with Crippen LogP contribution in [0.4, 0.5) is 13.2 Å². The summed E-state index contributed by atoms with van der Waals surface area (Å²) in [5, 5.41) is 5.22. The van der Waals surface area contributed by atoms with Gasteiger partial charge < -0.3 is 10.6 Å². The van der Waals surface area contributed by atoms with Crippen LogP contribution in [0.1, 0.15) is 49.0 Å². The van der Waals surface area contributed by atoms with Gasteiger partial charge in [0.15, 0.2) is 9.84 Å². The van der Waals surface area contributed by atoms with Crippen molar-refractivity contribution in [2.24, 2.45) is 5.92 Å². The van der Waals surface area contributed by atoms with Gasteiger partial charge in [-0.05, 0) is 87.7 Å². The summed E-state index contributed by atoms with van der Waals surface area (Å²) in [5.74, 6) is 0.668. The lowest BCUT2D eigenvalue weighted by atomic mass is 9.81. The molecule has 0 radical (unpaired) electrons. The number of hydrogen-bond donors (Lipinski definition) is 2. The minimum absolute atomic E-state index is 0.0221. The zero-order valence-corrected chi connectivity index (χ0v) is 25.4. The third kappa shape index (κ3) is 8.99. The van der Waals surface area contributed by atoms with Crippen molar-refractivity contribution in [3.8, 4) is 12.3 Å². The topological polar surface area (TPSA) is 95.6 Å². The van der Waals surface area contributed by atoms with Gasteiger partial charge in [0, 0.05) is 28.6 Å². The highest BCUT2D eigenvalue weighted by molar-refractivity contribution is 7.98. The van der Waals surface area contributed by atoms with Crippen molar-refractivity contribution in [1.82, 2.24) is 15.5 Å². The molecule has 3 atom stereocenters. The van der Waals surface area contributed by atoms with Crippen molar-refractivity contribution in [2.45, 2.75) is 67.2 Å². The number of halogens is 3. The number of alkyl halides is 3. The zero-order valence-electron chi connectivity index (χ0n) is 23.8. The lowest BCUT2D eigenvalue weighted by Gasteiger charge is -2.42. The van der Waals surface area contributed by atoms with Gasteiger partial charge in [0.05, 0.1) is 29.3 Å². The molecule has 0 bridgehead atoms. The fourth-order valence-electron chi connectivity index (χ4n) is 5.27. The average molecular weight is 624 g/mol. The molecule has 0 aliphatic heterocycles. The molecule has 0 saturated heterocycles. The van der Waals surface area contributed by atoms with Crippen LogP contribution < -0.4 is 10.6 Å². The van der Waals surface area contributed by atoms with Crippen LogP contribution in [0.2, 0.25) is 0 Å². The van der Waals surface area contributed by atoms with Gasteiger partial charge >= 0.3 is 6.18 Å². The van der Waals surface area contributed by atoms with E-state index in [1.807, 2.05) is 20.1 Å². The largest absolute Gasteiger partial charge is 0.416 e. The van der Waals surface area contributed by atoms with Crippen LogP contribution in [0.5, 0.6) is 0 Å². The number of benzene rings is 2. The summed E-state index contributed by atoms with van der Waals surface area (Å²) in [6.45, 7) is 3.99. The zero-order chi connectivity index (χ0) is 31.1. The number of rotatable bonds is 11. The first kappa shape index (κ1) is 33.5. The van der Waals surface area contributed by atoms with E-state index in [9.17, 15) is 31.2 Å². The minimum Gasteiger partial charge on any atom is -0.352 e. The number of nitrogens with one attached hydrogen (secondary N) is 2. The van der Waals surface area contributed by atoms with Crippen LogP contribution in [0.15, 0.2) is 58.3 Å². The Kier molecular flexibility index (Phi) is 11.5. The molecule has 1 aliphatic carbocycles. The third-order valence-corrected chi connectivity index (χ3v) is 10.0. The molecule has 2 aromatic carbocycles. The first-order valence-corrected chi connectivity index (χ1v) is 16.4. The highest BCUT2D eigenvalue weighted by Crippen LogP contribution is 2.32. The molecular formula is C30H36F3N3O4S2. The molecule has 1 aliphatic rings. The Morgan fingerprint density at radius 2 is 1.83 bits per heavy atom. The highest BCUT2D eigenvalue weighted by atomic mass is 32.2. The first-order chi connectivity index (χ1) is 19.7. The van der Waals surface area contributed by atoms with Gasteiger partial charge in [0.25, 0.3) is 5.91 Å². The lowest BCUT2D eigenvalue weighted by Crippen LogP contribution is -2.53. The van der Waals surface area contributed by atoms with Crippen LogP contribution >= 0.6 is 11.8 Å². The number of amides is 2. The molecule has 7 nitrogen and oxygen atoms in total. The fourth-order valence-corrected chi connectivity index (χ4v) is 7.36. The van der Waals surface area contributed by atoms with E-state index < -0.39 is 51.9 Å². The van der Waals surface area contributed by atoms with Crippen LogP contribution in [0.25, 0.3) is 0 Å². The molecule has 42 heavy (non-hydrogen) atoms. The standard InChI is InChI=1S/C30H36F3N3O4S2/c1-5-15-36(20(2)3)24-9-14-27(22(17-24)19-42(39,40)26-12-10-25(41-4)11-13-26)35-28(37)18-34-29(38)21-7-6-8-23(16-21)30(31,32)33/h1,6-8,10-13,16,20,22,24,27H,9,14-15,17-19H2,2-4H3,(H,34,38)(H,35,37). The predicted octanol–water partition coefficient (Wildman–Crippen LogP) is 4.63. The third-order valence-electron chi connectivity index (χ3n) is 7.42. The summed E-state index contributed by atoms with van der Waals surface area (Å²) < 4.78 is 65.9. The molecule has 0 aromatic heterocycles. The van der Waals surface area contributed by atoms with E-state index >= 15 is 0 Å². The van der Waals surface area contributed by atoms with Crippen LogP contribution in [-0.4, -0.2) is 68.4 Å². The van der Waals surface area contributed by atoms with E-state index in [0.29, 0.717) is 25.8 Å². The highest BCUT2D eigenvalue weighted by Gasteiger charge is 2.37. The van der Waals surface area contributed by atoms with E-state index in [0.717, 1.165) is 23.1 Å². The van der Waals surface area contributed by atoms with E-state index in [1.54, 1.807) is 24.3 Å². The summed E-state index contributed by atoms with van der Waals surface area (Å²) in [4.78, 5) is 28.6. The number of thioether (sulfide) groups is 1. The van der Waals surface area contributed by atoms with Crippen LogP contribution in [0.3, 0.4) is 0 Å². The Balaban J connectivity index is 1.74. The summed E-state index contributed by atoms with van der Waals surface area (Å²) >= 11 is 1.50. The SMILES string of the molecule is C#CCN(C(C)C)C1CCC(NC(=O)CNC(=O)c2cccc(C(F)(F)F)c2)C(CS(=O)(=O)c2ccc(SC)cc2)C1. The van der Waals surface area contributed by atoms with Gasteiger partial charge in [0.1, 0.15) is 0 Å². The Labute approximate surface area is 249 Å². The molecule has 228 valence electrons. The number of sulfone groups is 1. The van der Waals surface area contributed by atoms with E-state index in [4.69, 9.17) is 6.42 Å². The van der Waals surface area contributed by atoms with Crippen molar-refractivity contribution in [2.75, 3.05) is 25.1 Å². The number of carbonyl (C=O) groups excluding carboxylic acids is 2. The predicted molar refractivity (Wildman–Crippen MR) is 158 cm³/mol. The molecule has 12 heteroatoms. The van der Waals surface area contributed by atoms with Crippen molar-refractivity contribution < 1.29 is 31.2 Å². The van der Waals surface area contributed by atoms with Gasteiger partial charge in [-0.25, -0.2) is 8.42 Å². The van der Waals surface area contributed by atoms with Crippen molar-refractivity contribution in [3.05, 3.63) is 59.7 Å². The molecule has 2 aromatic rings. The maximum absolute atomic E-state index is 13.4. The summed E-state index contributed by atoms with van der Waals surface area (Å²) in [6.07, 6.45) is 4.56. The monoisotopic (exact) mass is 623 g/mol. The number of hydrogen-bond acceptors (Lipinski definition) is 6. The first-order valence-electron chi connectivity index (χ1n) is 13.6. The molecule has 2 N–H and O–H groups in total. The van der Waals surface area contributed by atoms with Crippen LogP contribution in [0, 0.1) is 18.3 Å². The maximum Gasteiger partial charge on any atom is 0.416 e. The molecule has 3 unspecified atom stereocenters. The second-order valence-corrected chi connectivity index (χ2v) is 13.5. The van der Waals surface area contributed by atoms with E-state index in [-0.39, 0.29) is 28.3 Å². The Morgan fingerprint density at radius 1 is 1.14 bits per heavy atom. The fraction of sp³-hybridized carbons (Fsp3) is 0.467. The average Bonchev–Trinajstić information content (AvgIpc) is 2.95. The smallest absolute Gasteiger partial charge is 0.352 e. The second-order valence-electron chi connectivity index (χ2n) is 10.6. The summed E-state index contributed by atoms with van der Waals surface area (Å²) in [5.41, 5.74) is -1.19. The van der Waals surface area contributed by atoms with Crippen molar-refractivity contribution >= 4 is 33.4 Å². The molecule has 2 amide bonds. The normalized spacial score (nSPS) is 19.4. The summed E-state index contributed by atoms with van der Waals surface area (Å²) in [6, 6.07) is 10.3. The number of terminal acetylenes is 1. The van der Waals surface area contributed by atoms with Gasteiger partial charge in [0.2, 0.25) is 5.91 Å². The van der Waals surface area contributed by atoms with Crippen molar-refractivity contribution in [3.63, 3.8) is 0 Å². The van der Waals surface area contributed by atoms with Gasteiger partial charge in [-0.1, -0.05) is 12.0 Å². The van der Waals surface area contributed by atoms with E-state index in [1.165, 1.54) is 17.8 Å². The molecular weight excluding hydrogens is 587 g/mol. The number of carbonyl (C=O) groups is 2. The Hall–Kier alpha value is -3.01. The lowest BCUT2D eigenvalue weighted by molar-refractivity contribution is -0.137. The van der Waals surface area contributed by atoms with Gasteiger partial charge in [-0.2, -0.15) is 13.2 Å². The molecule has 0 spiro atoms. The Bertz CT molecular complexity index is 1390. The van der Waals surface area contributed by atoms with E-state index in [2.05, 4.69) is 21.5 Å². The Morgan fingerprint density at radius 3 is 2.43 bits per heavy atom. The summed E-state index contributed by atoms with van der Waals surface area (Å²) in [7, 11) is -3.69. The van der Waals surface area contributed by atoms with Crippen LogP contribution in [-0.2, 0) is 20.8 Å². The van der Waals surface area contributed by atoms with Crippen molar-refractivity contribution in [1.29, 1.82) is 0 Å².